The highest BCUT2D eigenvalue weighted by molar-refractivity contribution is 7.90. The molecule has 2 atom stereocenters. The van der Waals surface area contributed by atoms with Crippen LogP contribution < -0.4 is 4.72 Å². The van der Waals surface area contributed by atoms with Gasteiger partial charge in [-0.05, 0) is 26.2 Å². The second-order valence-corrected chi connectivity index (χ2v) is 8.17. The van der Waals surface area contributed by atoms with Crippen molar-refractivity contribution in [2.75, 3.05) is 6.61 Å². The number of nitrogens with zero attached hydrogens (tertiary/aromatic N) is 2. The molecule has 2 aliphatic rings. The summed E-state index contributed by atoms with van der Waals surface area (Å²) >= 11 is 0. The summed E-state index contributed by atoms with van der Waals surface area (Å²) in [6, 6.07) is -0.209. The Labute approximate surface area is 132 Å². The summed E-state index contributed by atoms with van der Waals surface area (Å²) in [4.78, 5) is 4.36. The number of aromatic nitrogens is 2. The molecule has 0 radical (unpaired) electrons. The van der Waals surface area contributed by atoms with Crippen molar-refractivity contribution in [3.8, 4) is 0 Å². The fraction of sp³-hybridized carbons (Fsp3) is 0.800. The Kier molecular flexibility index (Phi) is 4.84. The van der Waals surface area contributed by atoms with Crippen LogP contribution in [0.3, 0.4) is 0 Å². The summed E-state index contributed by atoms with van der Waals surface area (Å²) in [6.07, 6.45) is 8.79. The van der Waals surface area contributed by atoms with Gasteiger partial charge < -0.3 is 9.30 Å². The smallest absolute Gasteiger partial charge is 0.214 e. The van der Waals surface area contributed by atoms with Crippen molar-refractivity contribution in [1.82, 2.24) is 14.3 Å². The van der Waals surface area contributed by atoms with Crippen LogP contribution in [0.25, 0.3) is 0 Å². The van der Waals surface area contributed by atoms with Crippen molar-refractivity contribution < 1.29 is 13.2 Å². The second-order valence-electron chi connectivity index (χ2n) is 6.18. The first-order valence-corrected chi connectivity index (χ1v) is 9.80. The normalized spacial score (nSPS) is 27.3. The molecule has 2 heterocycles. The first-order valence-electron chi connectivity index (χ1n) is 8.25. The summed E-state index contributed by atoms with van der Waals surface area (Å²) < 4.78 is 35.9. The minimum Gasteiger partial charge on any atom is -0.369 e. The maximum atomic E-state index is 12.6. The van der Waals surface area contributed by atoms with Gasteiger partial charge in [-0.2, -0.15) is 0 Å². The molecule has 1 saturated heterocycles. The van der Waals surface area contributed by atoms with E-state index in [0.29, 0.717) is 13.0 Å². The Morgan fingerprint density at radius 3 is 2.82 bits per heavy atom. The van der Waals surface area contributed by atoms with Crippen LogP contribution in [0.15, 0.2) is 12.4 Å². The van der Waals surface area contributed by atoms with Crippen molar-refractivity contribution >= 4 is 10.0 Å². The second kappa shape index (κ2) is 6.68. The number of nitrogens with one attached hydrogen (secondary N) is 1. The molecule has 0 spiro atoms. The number of hydrogen-bond acceptors (Lipinski definition) is 4. The van der Waals surface area contributed by atoms with E-state index < -0.39 is 10.0 Å². The number of rotatable bonds is 5. The molecule has 1 aromatic rings. The highest BCUT2D eigenvalue weighted by Crippen LogP contribution is 2.30. The molecule has 1 aliphatic heterocycles. The zero-order valence-corrected chi connectivity index (χ0v) is 13.9. The van der Waals surface area contributed by atoms with Gasteiger partial charge in [-0.15, -0.1) is 0 Å². The highest BCUT2D eigenvalue weighted by atomic mass is 32.2. The van der Waals surface area contributed by atoms with Crippen LogP contribution in [-0.2, 0) is 21.3 Å². The Balaban J connectivity index is 1.73. The quantitative estimate of drug-likeness (QED) is 0.897. The van der Waals surface area contributed by atoms with Gasteiger partial charge in [0.15, 0.2) is 0 Å². The topological polar surface area (TPSA) is 73.2 Å². The van der Waals surface area contributed by atoms with Crippen molar-refractivity contribution in [3.63, 3.8) is 0 Å². The molecule has 6 nitrogen and oxygen atoms in total. The summed E-state index contributed by atoms with van der Waals surface area (Å²) in [6.45, 7) is 3.41. The van der Waals surface area contributed by atoms with Gasteiger partial charge in [-0.25, -0.2) is 18.1 Å². The average molecular weight is 327 g/mol. The average Bonchev–Trinajstić information content (AvgIpc) is 3.15. The van der Waals surface area contributed by atoms with Crippen molar-refractivity contribution in [1.29, 1.82) is 0 Å². The molecule has 7 heteroatoms. The third kappa shape index (κ3) is 3.21. The summed E-state index contributed by atoms with van der Waals surface area (Å²) in [5.74, 6) is 0.816. The van der Waals surface area contributed by atoms with E-state index in [-0.39, 0.29) is 17.4 Å². The van der Waals surface area contributed by atoms with Crippen LogP contribution >= 0.6 is 0 Å². The SMILES string of the molecule is CCn1ccnc1[C@@H]1OCC[C@H]1NS(=O)(=O)C1CCCCC1. The van der Waals surface area contributed by atoms with Crippen LogP contribution in [-0.4, -0.2) is 35.9 Å². The lowest BCUT2D eigenvalue weighted by Crippen LogP contribution is -2.43. The van der Waals surface area contributed by atoms with Gasteiger partial charge in [-0.1, -0.05) is 19.3 Å². The molecule has 3 rings (SSSR count). The molecule has 1 N–H and O–H groups in total. The molecule has 2 fully saturated rings. The highest BCUT2D eigenvalue weighted by Gasteiger charge is 2.37. The lowest BCUT2D eigenvalue weighted by atomic mass is 10.0. The standard InChI is InChI=1S/C15H25N3O3S/c1-2-18-10-9-16-15(18)14-13(8-11-21-14)17-22(19,20)12-6-4-3-5-7-12/h9-10,12-14,17H,2-8,11H2,1H3/t13-,14-/m1/s1. The molecule has 124 valence electrons. The third-order valence-electron chi connectivity index (χ3n) is 4.74. The van der Waals surface area contributed by atoms with Gasteiger partial charge in [0, 0.05) is 25.5 Å². The van der Waals surface area contributed by atoms with Crippen molar-refractivity contribution in [2.24, 2.45) is 0 Å². The number of ether oxygens (including phenoxy) is 1. The Morgan fingerprint density at radius 2 is 2.09 bits per heavy atom. The van der Waals surface area contributed by atoms with E-state index in [4.69, 9.17) is 4.74 Å². The summed E-state index contributed by atoms with van der Waals surface area (Å²) in [7, 11) is -3.28. The first-order chi connectivity index (χ1) is 10.6. The van der Waals surface area contributed by atoms with Crippen LogP contribution in [0.1, 0.15) is 57.4 Å². The maximum absolute atomic E-state index is 12.6. The minimum atomic E-state index is -3.28. The van der Waals surface area contributed by atoms with Gasteiger partial charge in [0.2, 0.25) is 10.0 Å². The molecule has 0 aromatic carbocycles. The van der Waals surface area contributed by atoms with E-state index in [0.717, 1.165) is 44.5 Å². The maximum Gasteiger partial charge on any atom is 0.214 e. The molecule has 1 aromatic heterocycles. The minimum absolute atomic E-state index is 0.209. The van der Waals surface area contributed by atoms with Gasteiger partial charge in [-0.3, -0.25) is 0 Å². The Bertz CT molecular complexity index is 593. The monoisotopic (exact) mass is 327 g/mol. The lowest BCUT2D eigenvalue weighted by molar-refractivity contribution is 0.0925. The number of imidazole rings is 1. The van der Waals surface area contributed by atoms with Gasteiger partial charge in [0.1, 0.15) is 11.9 Å². The lowest BCUT2D eigenvalue weighted by Gasteiger charge is -2.26. The Morgan fingerprint density at radius 1 is 1.32 bits per heavy atom. The van der Waals surface area contributed by atoms with E-state index in [1.165, 1.54) is 0 Å². The van der Waals surface area contributed by atoms with Crippen LogP contribution in [0.2, 0.25) is 0 Å². The molecular formula is C15H25N3O3S. The number of sulfonamides is 1. The number of aryl methyl sites for hydroxylation is 1. The van der Waals surface area contributed by atoms with E-state index in [1.54, 1.807) is 6.20 Å². The van der Waals surface area contributed by atoms with E-state index in [2.05, 4.69) is 9.71 Å². The fourth-order valence-electron chi connectivity index (χ4n) is 3.49. The first kappa shape index (κ1) is 16.0. The number of hydrogen-bond donors (Lipinski definition) is 1. The van der Waals surface area contributed by atoms with Gasteiger partial charge in [0.25, 0.3) is 0 Å². The molecule has 1 aliphatic carbocycles. The molecule has 22 heavy (non-hydrogen) atoms. The fourth-order valence-corrected chi connectivity index (χ4v) is 5.30. The van der Waals surface area contributed by atoms with Crippen molar-refractivity contribution in [3.05, 3.63) is 18.2 Å². The summed E-state index contributed by atoms with van der Waals surface area (Å²) in [5, 5.41) is -0.242. The zero-order valence-electron chi connectivity index (χ0n) is 13.1. The molecular weight excluding hydrogens is 302 g/mol. The van der Waals surface area contributed by atoms with Gasteiger partial charge >= 0.3 is 0 Å². The molecule has 1 saturated carbocycles. The third-order valence-corrected chi connectivity index (χ3v) is 6.72. The van der Waals surface area contributed by atoms with Crippen LogP contribution in [0, 0.1) is 0 Å². The van der Waals surface area contributed by atoms with E-state index in [1.807, 2.05) is 17.7 Å². The van der Waals surface area contributed by atoms with Crippen LogP contribution in [0.5, 0.6) is 0 Å². The predicted molar refractivity (Wildman–Crippen MR) is 83.9 cm³/mol. The van der Waals surface area contributed by atoms with E-state index >= 15 is 0 Å². The van der Waals surface area contributed by atoms with E-state index in [9.17, 15) is 8.42 Å². The molecule has 0 amide bonds. The van der Waals surface area contributed by atoms with Crippen LogP contribution in [0.4, 0.5) is 0 Å². The molecule has 0 unspecified atom stereocenters. The van der Waals surface area contributed by atoms with Gasteiger partial charge in [0.05, 0.1) is 11.3 Å². The predicted octanol–water partition coefficient (Wildman–Crippen LogP) is 1.99. The molecule has 0 bridgehead atoms. The zero-order chi connectivity index (χ0) is 15.6. The Hall–Kier alpha value is -0.920. The van der Waals surface area contributed by atoms with Crippen molar-refractivity contribution in [2.45, 2.75) is 69.4 Å². The largest absolute Gasteiger partial charge is 0.369 e. The summed E-state index contributed by atoms with van der Waals surface area (Å²) in [5.41, 5.74) is 0.